The summed E-state index contributed by atoms with van der Waals surface area (Å²) >= 11 is 0. The van der Waals surface area contributed by atoms with Crippen molar-refractivity contribution in [2.45, 2.75) is 50.7 Å². The van der Waals surface area contributed by atoms with Gasteiger partial charge >= 0.3 is 6.18 Å². The van der Waals surface area contributed by atoms with Crippen LogP contribution in [0.25, 0.3) is 0 Å². The molecule has 3 atom stereocenters. The molecule has 4 aliphatic rings. The molecule has 4 heterocycles. The van der Waals surface area contributed by atoms with E-state index in [1.54, 1.807) is 0 Å². The van der Waals surface area contributed by atoms with E-state index in [1.807, 2.05) is 4.90 Å². The first-order chi connectivity index (χ1) is 15.0. The number of nitrogens with zero attached hydrogens (tertiary/aromatic N) is 4. The standard InChI is InChI=1S/C22H32F3N5O/c23-22(24,25)19-11-20(30-5-1-2-6-30)27-28-21(19)26-18-9-16-13-29(14-17(16)10-18)12-15-3-7-31-8-4-15/h11,15-18H,1-10,12-14H2,(H,26,28)/t16-,17+,18-. The minimum Gasteiger partial charge on any atom is -0.381 e. The minimum atomic E-state index is -4.44. The molecule has 5 rings (SSSR count). The van der Waals surface area contributed by atoms with Crippen molar-refractivity contribution >= 4 is 11.6 Å². The SMILES string of the molecule is FC(F)(F)c1cc(N2CCCC2)nnc1N[C@@H]1C[C@@H]2CN(CC3CCOCC3)C[C@@H]2C1. The molecular formula is C22H32F3N5O. The number of nitrogens with one attached hydrogen (secondary N) is 1. The summed E-state index contributed by atoms with van der Waals surface area (Å²) < 4.78 is 46.7. The first-order valence-corrected chi connectivity index (χ1v) is 11.7. The monoisotopic (exact) mass is 439 g/mol. The van der Waals surface area contributed by atoms with Crippen LogP contribution in [0.15, 0.2) is 6.07 Å². The number of halogens is 3. The lowest BCUT2D eigenvalue weighted by atomic mass is 10.00. The molecule has 1 aromatic rings. The molecule has 1 N–H and O–H groups in total. The molecule has 1 saturated carbocycles. The topological polar surface area (TPSA) is 53.5 Å². The molecule has 172 valence electrons. The second kappa shape index (κ2) is 8.73. The Morgan fingerprint density at radius 2 is 1.71 bits per heavy atom. The molecule has 1 aliphatic carbocycles. The zero-order valence-corrected chi connectivity index (χ0v) is 17.9. The molecule has 9 heteroatoms. The third-order valence-electron chi connectivity index (χ3n) is 7.54. The quantitative estimate of drug-likeness (QED) is 0.756. The van der Waals surface area contributed by atoms with Crippen LogP contribution in [0.2, 0.25) is 0 Å². The molecule has 3 aliphatic heterocycles. The predicted molar refractivity (Wildman–Crippen MR) is 112 cm³/mol. The van der Waals surface area contributed by atoms with Gasteiger partial charge in [0.15, 0.2) is 11.6 Å². The van der Waals surface area contributed by atoms with E-state index in [1.165, 1.54) is 6.07 Å². The van der Waals surface area contributed by atoms with Gasteiger partial charge in [-0.3, -0.25) is 0 Å². The molecule has 6 nitrogen and oxygen atoms in total. The number of alkyl halides is 3. The second-order valence-electron chi connectivity index (χ2n) is 9.76. The largest absolute Gasteiger partial charge is 0.420 e. The Morgan fingerprint density at radius 3 is 2.35 bits per heavy atom. The highest BCUT2D eigenvalue weighted by Gasteiger charge is 2.43. The van der Waals surface area contributed by atoms with Crippen LogP contribution in [0.3, 0.4) is 0 Å². The Bertz CT molecular complexity index is 750. The van der Waals surface area contributed by atoms with E-state index in [-0.39, 0.29) is 11.9 Å². The van der Waals surface area contributed by atoms with Gasteiger partial charge in [-0.25, -0.2) is 0 Å². The van der Waals surface area contributed by atoms with Gasteiger partial charge < -0.3 is 19.9 Å². The Morgan fingerprint density at radius 1 is 1.03 bits per heavy atom. The summed E-state index contributed by atoms with van der Waals surface area (Å²) in [5.74, 6) is 2.06. The van der Waals surface area contributed by atoms with Crippen LogP contribution in [0.1, 0.15) is 44.1 Å². The maximum atomic E-state index is 13.8. The fourth-order valence-electron chi connectivity index (χ4n) is 5.96. The molecule has 1 aromatic heterocycles. The number of aromatic nitrogens is 2. The van der Waals surface area contributed by atoms with Crippen LogP contribution in [0, 0.1) is 17.8 Å². The lowest BCUT2D eigenvalue weighted by molar-refractivity contribution is -0.137. The van der Waals surface area contributed by atoms with Gasteiger partial charge in [0, 0.05) is 52.0 Å². The average molecular weight is 440 g/mol. The summed E-state index contributed by atoms with van der Waals surface area (Å²) in [7, 11) is 0. The lowest BCUT2D eigenvalue weighted by Crippen LogP contribution is -2.32. The normalized spacial score (nSPS) is 30.2. The van der Waals surface area contributed by atoms with E-state index in [0.717, 1.165) is 90.4 Å². The van der Waals surface area contributed by atoms with E-state index in [0.29, 0.717) is 17.7 Å². The third-order valence-corrected chi connectivity index (χ3v) is 7.54. The van der Waals surface area contributed by atoms with Crippen molar-refractivity contribution in [3.05, 3.63) is 11.6 Å². The van der Waals surface area contributed by atoms with Crippen molar-refractivity contribution in [3.63, 3.8) is 0 Å². The fraction of sp³-hybridized carbons (Fsp3) is 0.818. The van der Waals surface area contributed by atoms with E-state index >= 15 is 0 Å². The fourth-order valence-corrected chi connectivity index (χ4v) is 5.96. The number of rotatable bonds is 5. The maximum absolute atomic E-state index is 13.8. The molecule has 31 heavy (non-hydrogen) atoms. The lowest BCUT2D eigenvalue weighted by Gasteiger charge is -2.28. The Hall–Kier alpha value is -1.61. The molecule has 3 saturated heterocycles. The summed E-state index contributed by atoms with van der Waals surface area (Å²) in [6.07, 6.45) is 1.62. The van der Waals surface area contributed by atoms with Crippen LogP contribution < -0.4 is 10.2 Å². The molecule has 0 bridgehead atoms. The number of hydrogen-bond donors (Lipinski definition) is 1. The number of hydrogen-bond acceptors (Lipinski definition) is 6. The number of likely N-dealkylation sites (tertiary alicyclic amines) is 1. The van der Waals surface area contributed by atoms with E-state index in [2.05, 4.69) is 20.4 Å². The van der Waals surface area contributed by atoms with Gasteiger partial charge in [0.05, 0.1) is 0 Å². The molecule has 0 unspecified atom stereocenters. The summed E-state index contributed by atoms with van der Waals surface area (Å²) in [5.41, 5.74) is -0.692. The number of anilines is 2. The van der Waals surface area contributed by atoms with Crippen LogP contribution in [0.4, 0.5) is 24.8 Å². The molecule has 0 radical (unpaired) electrons. The minimum absolute atomic E-state index is 0.0354. The van der Waals surface area contributed by atoms with Gasteiger partial charge in [0.2, 0.25) is 0 Å². The van der Waals surface area contributed by atoms with Crippen molar-refractivity contribution in [1.29, 1.82) is 0 Å². The second-order valence-corrected chi connectivity index (χ2v) is 9.76. The van der Waals surface area contributed by atoms with Gasteiger partial charge in [0.25, 0.3) is 0 Å². The van der Waals surface area contributed by atoms with Crippen molar-refractivity contribution in [2.24, 2.45) is 17.8 Å². The van der Waals surface area contributed by atoms with E-state index in [4.69, 9.17) is 4.74 Å². The molecule has 4 fully saturated rings. The summed E-state index contributed by atoms with van der Waals surface area (Å²) in [4.78, 5) is 4.45. The molecule has 0 aromatic carbocycles. The highest BCUT2D eigenvalue weighted by molar-refractivity contribution is 5.53. The van der Waals surface area contributed by atoms with Crippen molar-refractivity contribution in [2.75, 3.05) is 56.2 Å². The van der Waals surface area contributed by atoms with Crippen molar-refractivity contribution < 1.29 is 17.9 Å². The summed E-state index contributed by atoms with van der Waals surface area (Å²) in [5, 5.41) is 11.2. The van der Waals surface area contributed by atoms with Gasteiger partial charge in [-0.05, 0) is 62.3 Å². The zero-order chi connectivity index (χ0) is 21.4. The molecular weight excluding hydrogens is 407 g/mol. The van der Waals surface area contributed by atoms with Gasteiger partial charge in [-0.1, -0.05) is 0 Å². The number of ether oxygens (including phenoxy) is 1. The van der Waals surface area contributed by atoms with Crippen molar-refractivity contribution in [3.8, 4) is 0 Å². The van der Waals surface area contributed by atoms with Gasteiger partial charge in [-0.15, -0.1) is 10.2 Å². The maximum Gasteiger partial charge on any atom is 0.420 e. The zero-order valence-electron chi connectivity index (χ0n) is 17.9. The summed E-state index contributed by atoms with van der Waals surface area (Å²) in [6.45, 7) is 6.49. The highest BCUT2D eigenvalue weighted by atomic mass is 19.4. The number of fused-ring (bicyclic) bond motifs is 1. The Kier molecular flexibility index (Phi) is 5.98. The van der Waals surface area contributed by atoms with Crippen molar-refractivity contribution in [1.82, 2.24) is 15.1 Å². The van der Waals surface area contributed by atoms with Crippen LogP contribution in [-0.2, 0) is 10.9 Å². The van der Waals surface area contributed by atoms with Gasteiger partial charge in [0.1, 0.15) is 5.56 Å². The molecule has 0 amide bonds. The van der Waals surface area contributed by atoms with Gasteiger partial charge in [-0.2, -0.15) is 13.2 Å². The van der Waals surface area contributed by atoms with Crippen LogP contribution >= 0.6 is 0 Å². The Labute approximate surface area is 181 Å². The smallest absolute Gasteiger partial charge is 0.381 e. The first kappa shape index (κ1) is 21.2. The first-order valence-electron chi connectivity index (χ1n) is 11.7. The average Bonchev–Trinajstić information content (AvgIpc) is 3.45. The molecule has 0 spiro atoms. The van der Waals surface area contributed by atoms with Crippen LogP contribution in [-0.4, -0.2) is 67.1 Å². The van der Waals surface area contributed by atoms with Crippen LogP contribution in [0.5, 0.6) is 0 Å². The Balaban J connectivity index is 1.20. The van der Waals surface area contributed by atoms with E-state index < -0.39 is 11.7 Å². The van der Waals surface area contributed by atoms with E-state index in [9.17, 15) is 13.2 Å². The highest BCUT2D eigenvalue weighted by Crippen LogP contribution is 2.41. The summed E-state index contributed by atoms with van der Waals surface area (Å²) in [6, 6.07) is 1.21. The predicted octanol–water partition coefficient (Wildman–Crippen LogP) is 3.64. The third kappa shape index (κ3) is 4.77.